The highest BCUT2D eigenvalue weighted by atomic mass is 16.3. The highest BCUT2D eigenvalue weighted by Gasteiger charge is 2.18. The molecule has 0 saturated carbocycles. The fourth-order valence-electron chi connectivity index (χ4n) is 1.37. The molecule has 2 amide bonds. The van der Waals surface area contributed by atoms with E-state index in [0.29, 0.717) is 5.57 Å². The van der Waals surface area contributed by atoms with Crippen molar-refractivity contribution in [2.24, 2.45) is 5.73 Å². The first-order valence-corrected chi connectivity index (χ1v) is 5.43. The lowest BCUT2D eigenvalue weighted by Gasteiger charge is -2.15. The number of nitrogens with one attached hydrogen (secondary N) is 1. The number of hydrogen-bond acceptors (Lipinski definition) is 3. The number of amides is 2. The molecular formula is C13H16N2O3. The largest absolute Gasteiger partial charge is 0.508 e. The Morgan fingerprint density at radius 2 is 1.94 bits per heavy atom. The van der Waals surface area contributed by atoms with Gasteiger partial charge in [0.15, 0.2) is 0 Å². The molecule has 0 unspecified atom stereocenters. The van der Waals surface area contributed by atoms with Gasteiger partial charge in [-0.15, -0.1) is 0 Å². The number of primary amides is 1. The number of carbonyl (C=O) groups is 2. The average Bonchev–Trinajstić information content (AvgIpc) is 2.30. The molecule has 18 heavy (non-hydrogen) atoms. The van der Waals surface area contributed by atoms with Crippen molar-refractivity contribution in [3.63, 3.8) is 0 Å². The lowest BCUT2D eigenvalue weighted by Crippen LogP contribution is -2.46. The molecular weight excluding hydrogens is 232 g/mol. The first kappa shape index (κ1) is 13.8. The highest BCUT2D eigenvalue weighted by molar-refractivity contribution is 5.95. The molecule has 5 heteroatoms. The summed E-state index contributed by atoms with van der Waals surface area (Å²) >= 11 is 0. The minimum atomic E-state index is -0.793. The number of nitrogens with two attached hydrogens (primary N) is 1. The standard InChI is InChI=1S/C13H16N2O3/c1-8(2)13(18)15-11(12(14)17)7-9-3-5-10(16)6-4-9/h3-6,11,16H,1,7H2,2H3,(H2,14,17)(H,15,18)/t11-/m0/s1. The SMILES string of the molecule is C=C(C)C(=O)N[C@@H](Cc1ccc(O)cc1)C(N)=O. The molecule has 0 aliphatic rings. The summed E-state index contributed by atoms with van der Waals surface area (Å²) in [6.07, 6.45) is 0.272. The molecule has 1 rings (SSSR count). The van der Waals surface area contributed by atoms with Gasteiger partial charge in [-0.1, -0.05) is 18.7 Å². The molecule has 0 radical (unpaired) electrons. The zero-order chi connectivity index (χ0) is 13.7. The Bertz CT molecular complexity index is 466. The van der Waals surface area contributed by atoms with Crippen molar-refractivity contribution >= 4 is 11.8 Å². The van der Waals surface area contributed by atoms with E-state index in [4.69, 9.17) is 10.8 Å². The molecule has 4 N–H and O–H groups in total. The van der Waals surface area contributed by atoms with Crippen molar-refractivity contribution in [1.29, 1.82) is 0 Å². The maximum Gasteiger partial charge on any atom is 0.246 e. The predicted molar refractivity (Wildman–Crippen MR) is 67.7 cm³/mol. The summed E-state index contributed by atoms with van der Waals surface area (Å²) in [5.74, 6) is -0.879. The van der Waals surface area contributed by atoms with E-state index in [-0.39, 0.29) is 12.2 Å². The van der Waals surface area contributed by atoms with Gasteiger partial charge in [0.2, 0.25) is 11.8 Å². The van der Waals surface area contributed by atoms with E-state index < -0.39 is 17.9 Å². The normalized spacial score (nSPS) is 11.6. The van der Waals surface area contributed by atoms with E-state index in [0.717, 1.165) is 5.56 Å². The maximum atomic E-state index is 11.4. The van der Waals surface area contributed by atoms with Crippen LogP contribution in [0.25, 0.3) is 0 Å². The van der Waals surface area contributed by atoms with Crippen LogP contribution in [0.15, 0.2) is 36.4 Å². The van der Waals surface area contributed by atoms with Crippen LogP contribution in [0.5, 0.6) is 5.75 Å². The van der Waals surface area contributed by atoms with Crippen LogP contribution in [0.1, 0.15) is 12.5 Å². The van der Waals surface area contributed by atoms with Crippen molar-refractivity contribution < 1.29 is 14.7 Å². The van der Waals surface area contributed by atoms with Gasteiger partial charge < -0.3 is 16.2 Å². The van der Waals surface area contributed by atoms with Gasteiger partial charge in [0.1, 0.15) is 11.8 Å². The van der Waals surface area contributed by atoms with Crippen molar-refractivity contribution in [2.45, 2.75) is 19.4 Å². The van der Waals surface area contributed by atoms with Crippen molar-refractivity contribution in [3.8, 4) is 5.75 Å². The van der Waals surface area contributed by atoms with Crippen molar-refractivity contribution in [2.75, 3.05) is 0 Å². The van der Waals surface area contributed by atoms with Crippen LogP contribution in [0.3, 0.4) is 0 Å². The molecule has 0 spiro atoms. The smallest absolute Gasteiger partial charge is 0.246 e. The Kier molecular flexibility index (Phi) is 4.48. The third-order valence-corrected chi connectivity index (χ3v) is 2.41. The summed E-state index contributed by atoms with van der Waals surface area (Å²) in [7, 11) is 0. The Balaban J connectivity index is 2.75. The molecule has 0 aliphatic heterocycles. The number of phenols is 1. The summed E-state index contributed by atoms with van der Waals surface area (Å²) in [5.41, 5.74) is 6.33. The van der Waals surface area contributed by atoms with Crippen molar-refractivity contribution in [3.05, 3.63) is 42.0 Å². The number of aromatic hydroxyl groups is 1. The van der Waals surface area contributed by atoms with Gasteiger partial charge in [-0.2, -0.15) is 0 Å². The lowest BCUT2D eigenvalue weighted by molar-refractivity contribution is -0.125. The minimum absolute atomic E-state index is 0.139. The molecule has 5 nitrogen and oxygen atoms in total. The molecule has 0 saturated heterocycles. The molecule has 0 fully saturated rings. The molecule has 0 heterocycles. The van der Waals surface area contributed by atoms with Gasteiger partial charge >= 0.3 is 0 Å². The second-order valence-corrected chi connectivity index (χ2v) is 4.08. The van der Waals surface area contributed by atoms with Gasteiger partial charge in [0, 0.05) is 12.0 Å². The highest BCUT2D eigenvalue weighted by Crippen LogP contribution is 2.11. The van der Waals surface area contributed by atoms with Gasteiger partial charge in [-0.3, -0.25) is 9.59 Å². The topological polar surface area (TPSA) is 92.4 Å². The monoisotopic (exact) mass is 248 g/mol. The fourth-order valence-corrected chi connectivity index (χ4v) is 1.37. The molecule has 96 valence electrons. The quantitative estimate of drug-likeness (QED) is 0.662. The second kappa shape index (κ2) is 5.86. The van der Waals surface area contributed by atoms with Gasteiger partial charge in [0.05, 0.1) is 0 Å². The van der Waals surface area contributed by atoms with Crippen LogP contribution >= 0.6 is 0 Å². The first-order chi connectivity index (χ1) is 8.40. The molecule has 0 aromatic heterocycles. The van der Waals surface area contributed by atoms with E-state index in [2.05, 4.69) is 11.9 Å². The van der Waals surface area contributed by atoms with Crippen LogP contribution in [-0.2, 0) is 16.0 Å². The number of benzene rings is 1. The van der Waals surface area contributed by atoms with E-state index >= 15 is 0 Å². The van der Waals surface area contributed by atoms with Crippen LogP contribution in [0, 0.1) is 0 Å². The number of rotatable bonds is 5. The average molecular weight is 248 g/mol. The maximum absolute atomic E-state index is 11.4. The summed E-state index contributed by atoms with van der Waals surface area (Å²) in [6.45, 7) is 5.04. The Hall–Kier alpha value is -2.30. The molecule has 1 atom stereocenters. The van der Waals surface area contributed by atoms with E-state index in [9.17, 15) is 9.59 Å². The Morgan fingerprint density at radius 1 is 1.39 bits per heavy atom. The van der Waals surface area contributed by atoms with Gasteiger partial charge in [-0.05, 0) is 24.6 Å². The van der Waals surface area contributed by atoms with Crippen LogP contribution in [0.4, 0.5) is 0 Å². The van der Waals surface area contributed by atoms with Gasteiger partial charge in [0.25, 0.3) is 0 Å². The molecule has 0 aliphatic carbocycles. The van der Waals surface area contributed by atoms with Gasteiger partial charge in [-0.25, -0.2) is 0 Å². The third kappa shape index (κ3) is 3.93. The fraction of sp³-hybridized carbons (Fsp3) is 0.231. The summed E-state index contributed by atoms with van der Waals surface area (Å²) in [5, 5.41) is 11.6. The van der Waals surface area contributed by atoms with Crippen LogP contribution in [0.2, 0.25) is 0 Å². The predicted octanol–water partition coefficient (Wildman–Crippen LogP) is 0.481. The third-order valence-electron chi connectivity index (χ3n) is 2.41. The zero-order valence-electron chi connectivity index (χ0n) is 10.1. The molecule has 0 bridgehead atoms. The number of hydrogen-bond donors (Lipinski definition) is 3. The minimum Gasteiger partial charge on any atom is -0.508 e. The van der Waals surface area contributed by atoms with Crippen molar-refractivity contribution in [1.82, 2.24) is 5.32 Å². The summed E-state index contributed by atoms with van der Waals surface area (Å²) in [6, 6.07) is 5.55. The second-order valence-electron chi connectivity index (χ2n) is 4.08. The molecule has 1 aromatic carbocycles. The Labute approximate surface area is 105 Å². The molecule has 1 aromatic rings. The Morgan fingerprint density at radius 3 is 2.39 bits per heavy atom. The first-order valence-electron chi connectivity index (χ1n) is 5.43. The van der Waals surface area contributed by atoms with Crippen LogP contribution < -0.4 is 11.1 Å². The summed E-state index contributed by atoms with van der Waals surface area (Å²) < 4.78 is 0. The lowest BCUT2D eigenvalue weighted by atomic mass is 10.0. The van der Waals surface area contributed by atoms with Crippen LogP contribution in [-0.4, -0.2) is 23.0 Å². The number of phenolic OH excluding ortho intramolecular Hbond substituents is 1. The van der Waals surface area contributed by atoms with E-state index in [1.807, 2.05) is 0 Å². The van der Waals surface area contributed by atoms with E-state index in [1.54, 1.807) is 19.1 Å². The van der Waals surface area contributed by atoms with E-state index in [1.165, 1.54) is 12.1 Å². The zero-order valence-corrected chi connectivity index (χ0v) is 10.1. The summed E-state index contributed by atoms with van der Waals surface area (Å²) in [4.78, 5) is 22.7. The number of carbonyl (C=O) groups excluding carboxylic acids is 2.